The maximum Gasteiger partial charge on any atom is 0.0730 e. The van der Waals surface area contributed by atoms with Gasteiger partial charge >= 0.3 is 0 Å². The highest BCUT2D eigenvalue weighted by molar-refractivity contribution is 9.10. The van der Waals surface area contributed by atoms with Crippen molar-refractivity contribution in [3.63, 3.8) is 0 Å². The minimum Gasteiger partial charge on any atom is -0.389 e. The van der Waals surface area contributed by atoms with Crippen molar-refractivity contribution in [1.82, 2.24) is 4.98 Å². The first kappa shape index (κ1) is 13.0. The smallest absolute Gasteiger partial charge is 0.0730 e. The Kier molecular flexibility index (Phi) is 4.21. The van der Waals surface area contributed by atoms with Crippen LogP contribution in [0.2, 0.25) is 0 Å². The Labute approximate surface area is 112 Å². The monoisotopic (exact) mass is 297 g/mol. The molecule has 0 amide bonds. The van der Waals surface area contributed by atoms with Crippen LogP contribution in [0.3, 0.4) is 0 Å². The van der Waals surface area contributed by atoms with E-state index in [1.54, 1.807) is 0 Å². The fraction of sp³-hybridized carbons (Fsp3) is 0.643. The van der Waals surface area contributed by atoms with Gasteiger partial charge in [-0.15, -0.1) is 0 Å². The molecule has 17 heavy (non-hydrogen) atoms. The largest absolute Gasteiger partial charge is 0.389 e. The highest BCUT2D eigenvalue weighted by atomic mass is 79.9. The van der Waals surface area contributed by atoms with Crippen molar-refractivity contribution in [3.05, 3.63) is 28.5 Å². The molecule has 1 aliphatic carbocycles. The second-order valence-corrected chi connectivity index (χ2v) is 6.01. The lowest BCUT2D eigenvalue weighted by molar-refractivity contribution is -0.0498. The van der Waals surface area contributed by atoms with E-state index < -0.39 is 5.60 Å². The van der Waals surface area contributed by atoms with E-state index in [1.807, 2.05) is 18.3 Å². The van der Waals surface area contributed by atoms with Crippen LogP contribution >= 0.6 is 15.9 Å². The van der Waals surface area contributed by atoms with Crippen molar-refractivity contribution in [2.75, 3.05) is 0 Å². The van der Waals surface area contributed by atoms with Crippen LogP contribution < -0.4 is 0 Å². The molecule has 1 fully saturated rings. The zero-order valence-corrected chi connectivity index (χ0v) is 11.9. The predicted molar refractivity (Wildman–Crippen MR) is 72.8 cm³/mol. The molecular formula is C14H20BrNO. The van der Waals surface area contributed by atoms with E-state index in [0.717, 1.165) is 35.8 Å². The molecule has 2 atom stereocenters. The van der Waals surface area contributed by atoms with Gasteiger partial charge in [0.05, 0.1) is 5.60 Å². The normalized spacial score (nSPS) is 29.2. The third-order valence-electron chi connectivity index (χ3n) is 3.94. The van der Waals surface area contributed by atoms with E-state index in [-0.39, 0.29) is 0 Å². The molecule has 1 aromatic rings. The molecular weight excluding hydrogens is 278 g/mol. The highest BCUT2D eigenvalue weighted by Crippen LogP contribution is 2.37. The first-order valence-corrected chi connectivity index (χ1v) is 7.26. The summed E-state index contributed by atoms with van der Waals surface area (Å²) in [5, 5.41) is 10.8. The molecule has 0 aliphatic heterocycles. The van der Waals surface area contributed by atoms with Gasteiger partial charge in [-0.1, -0.05) is 26.2 Å². The van der Waals surface area contributed by atoms with Gasteiger partial charge in [0.15, 0.2) is 0 Å². The fourth-order valence-corrected chi connectivity index (χ4v) is 3.17. The Morgan fingerprint density at radius 3 is 2.94 bits per heavy atom. The quantitative estimate of drug-likeness (QED) is 0.922. The van der Waals surface area contributed by atoms with Gasteiger partial charge in [0.25, 0.3) is 0 Å². The van der Waals surface area contributed by atoms with Crippen molar-refractivity contribution < 1.29 is 5.11 Å². The van der Waals surface area contributed by atoms with Crippen LogP contribution in [0.15, 0.2) is 22.8 Å². The number of aromatic nitrogens is 1. The Hall–Kier alpha value is -0.410. The summed E-state index contributed by atoms with van der Waals surface area (Å²) in [7, 11) is 0. The highest BCUT2D eigenvalue weighted by Gasteiger charge is 2.37. The van der Waals surface area contributed by atoms with E-state index in [4.69, 9.17) is 0 Å². The summed E-state index contributed by atoms with van der Waals surface area (Å²) in [4.78, 5) is 4.38. The molecule has 1 N–H and O–H groups in total. The lowest BCUT2D eigenvalue weighted by Gasteiger charge is -2.39. The van der Waals surface area contributed by atoms with Gasteiger partial charge in [0.2, 0.25) is 0 Å². The van der Waals surface area contributed by atoms with Crippen molar-refractivity contribution in [3.8, 4) is 0 Å². The lowest BCUT2D eigenvalue weighted by Crippen LogP contribution is -2.42. The summed E-state index contributed by atoms with van der Waals surface area (Å²) in [6, 6.07) is 4.00. The van der Waals surface area contributed by atoms with Gasteiger partial charge in [0, 0.05) is 22.8 Å². The van der Waals surface area contributed by atoms with Crippen LogP contribution in [-0.2, 0) is 6.42 Å². The molecule has 3 heteroatoms. The van der Waals surface area contributed by atoms with Crippen LogP contribution in [-0.4, -0.2) is 15.7 Å². The number of hydrogen-bond donors (Lipinski definition) is 1. The number of aliphatic hydroxyl groups is 1. The second kappa shape index (κ2) is 5.49. The minimum atomic E-state index is -0.534. The summed E-state index contributed by atoms with van der Waals surface area (Å²) in [6.07, 6.45) is 8.04. The fourth-order valence-electron chi connectivity index (χ4n) is 2.94. The Bertz CT molecular complexity index is 365. The number of halogens is 1. The van der Waals surface area contributed by atoms with Crippen LogP contribution in [0.5, 0.6) is 0 Å². The summed E-state index contributed by atoms with van der Waals surface area (Å²) in [5.74, 6) is 0.432. The van der Waals surface area contributed by atoms with E-state index in [0.29, 0.717) is 12.3 Å². The molecule has 1 aliphatic rings. The third kappa shape index (κ3) is 3.08. The predicted octanol–water partition coefficient (Wildman–Crippen LogP) is 3.72. The number of rotatable bonds is 3. The number of nitrogens with zero attached hydrogens (tertiary/aromatic N) is 1. The Morgan fingerprint density at radius 1 is 1.47 bits per heavy atom. The molecule has 0 aromatic carbocycles. The average Bonchev–Trinajstić information content (AvgIpc) is 2.32. The molecule has 1 heterocycles. The molecule has 0 saturated heterocycles. The van der Waals surface area contributed by atoms with Crippen molar-refractivity contribution >= 4 is 15.9 Å². The van der Waals surface area contributed by atoms with Crippen LogP contribution in [0.1, 0.15) is 44.7 Å². The van der Waals surface area contributed by atoms with Gasteiger partial charge in [-0.3, -0.25) is 4.98 Å². The molecule has 2 unspecified atom stereocenters. The molecule has 94 valence electrons. The summed E-state index contributed by atoms with van der Waals surface area (Å²) < 4.78 is 0.990. The Morgan fingerprint density at radius 2 is 2.29 bits per heavy atom. The van der Waals surface area contributed by atoms with Gasteiger partial charge in [-0.05, 0) is 46.8 Å². The van der Waals surface area contributed by atoms with E-state index in [9.17, 15) is 5.11 Å². The van der Waals surface area contributed by atoms with Gasteiger partial charge in [-0.2, -0.15) is 0 Å². The molecule has 2 rings (SSSR count). The zero-order chi connectivity index (χ0) is 12.3. The number of pyridine rings is 1. The van der Waals surface area contributed by atoms with Crippen molar-refractivity contribution in [2.45, 2.75) is 51.0 Å². The topological polar surface area (TPSA) is 33.1 Å². The van der Waals surface area contributed by atoms with Gasteiger partial charge < -0.3 is 5.11 Å². The van der Waals surface area contributed by atoms with Crippen LogP contribution in [0.25, 0.3) is 0 Å². The molecule has 1 aromatic heterocycles. The van der Waals surface area contributed by atoms with Crippen LogP contribution in [0, 0.1) is 5.92 Å². The maximum absolute atomic E-state index is 10.8. The molecule has 0 spiro atoms. The first-order chi connectivity index (χ1) is 8.14. The molecule has 2 nitrogen and oxygen atoms in total. The average molecular weight is 298 g/mol. The first-order valence-electron chi connectivity index (χ1n) is 6.47. The van der Waals surface area contributed by atoms with Crippen molar-refractivity contribution in [2.24, 2.45) is 5.92 Å². The molecule has 0 bridgehead atoms. The lowest BCUT2D eigenvalue weighted by atomic mass is 9.72. The van der Waals surface area contributed by atoms with Gasteiger partial charge in [0.1, 0.15) is 0 Å². The Balaban J connectivity index is 2.11. The standard InChI is InChI=1S/C14H20BrNO/c1-2-11-5-3-4-8-14(11,17)9-13-7-6-12(15)10-16-13/h6-7,10-11,17H,2-5,8-9H2,1H3. The second-order valence-electron chi connectivity index (χ2n) is 5.10. The van der Waals surface area contributed by atoms with E-state index in [1.165, 1.54) is 6.42 Å². The third-order valence-corrected chi connectivity index (χ3v) is 4.41. The maximum atomic E-state index is 10.8. The van der Waals surface area contributed by atoms with Crippen LogP contribution in [0.4, 0.5) is 0 Å². The molecule has 0 radical (unpaired) electrons. The van der Waals surface area contributed by atoms with Gasteiger partial charge in [-0.25, -0.2) is 0 Å². The summed E-state index contributed by atoms with van der Waals surface area (Å²) >= 11 is 3.38. The van der Waals surface area contributed by atoms with E-state index >= 15 is 0 Å². The summed E-state index contributed by atoms with van der Waals surface area (Å²) in [5.41, 5.74) is 0.462. The SMILES string of the molecule is CCC1CCCCC1(O)Cc1ccc(Br)cn1. The van der Waals surface area contributed by atoms with E-state index in [2.05, 4.69) is 27.8 Å². The number of hydrogen-bond acceptors (Lipinski definition) is 2. The van der Waals surface area contributed by atoms with Crippen molar-refractivity contribution in [1.29, 1.82) is 0 Å². The minimum absolute atomic E-state index is 0.432. The zero-order valence-electron chi connectivity index (χ0n) is 10.3. The molecule has 1 saturated carbocycles. The summed E-state index contributed by atoms with van der Waals surface area (Å²) in [6.45, 7) is 2.18.